The molecule has 1 N–H and O–H groups in total. The van der Waals surface area contributed by atoms with E-state index in [0.717, 1.165) is 25.9 Å². The smallest absolute Gasteiger partial charge is 0.133 e. The molecule has 2 fully saturated rings. The standard InChI is InChI=1S/C8H13NO/c1-8-3-7(10)2-6(8)4-9-5-8/h6,9H,2-5H2,1H3. The van der Waals surface area contributed by atoms with Gasteiger partial charge in [-0.2, -0.15) is 0 Å². The van der Waals surface area contributed by atoms with Gasteiger partial charge in [0.15, 0.2) is 0 Å². The van der Waals surface area contributed by atoms with Crippen molar-refractivity contribution >= 4 is 5.78 Å². The highest BCUT2D eigenvalue weighted by atomic mass is 16.1. The van der Waals surface area contributed by atoms with E-state index in [9.17, 15) is 4.79 Å². The molecule has 0 aromatic carbocycles. The summed E-state index contributed by atoms with van der Waals surface area (Å²) in [4.78, 5) is 11.0. The number of carbonyl (C=O) groups excluding carboxylic acids is 1. The minimum absolute atomic E-state index is 0.317. The van der Waals surface area contributed by atoms with Crippen LogP contribution in [-0.4, -0.2) is 18.9 Å². The highest BCUT2D eigenvalue weighted by molar-refractivity contribution is 5.82. The van der Waals surface area contributed by atoms with Gasteiger partial charge in [-0.15, -0.1) is 0 Å². The Labute approximate surface area is 61.0 Å². The van der Waals surface area contributed by atoms with Gasteiger partial charge in [0, 0.05) is 19.4 Å². The molecule has 1 heterocycles. The van der Waals surface area contributed by atoms with Crippen LogP contribution < -0.4 is 5.32 Å². The second-order valence-corrected chi connectivity index (χ2v) is 3.90. The number of fused-ring (bicyclic) bond motifs is 1. The Balaban J connectivity index is 2.22. The van der Waals surface area contributed by atoms with Gasteiger partial charge in [-0.05, 0) is 17.9 Å². The van der Waals surface area contributed by atoms with Crippen LogP contribution >= 0.6 is 0 Å². The molecule has 0 aromatic rings. The summed E-state index contributed by atoms with van der Waals surface area (Å²) in [6.45, 7) is 4.33. The summed E-state index contributed by atoms with van der Waals surface area (Å²) in [5.41, 5.74) is 0.317. The fourth-order valence-corrected chi connectivity index (χ4v) is 2.25. The molecule has 0 amide bonds. The van der Waals surface area contributed by atoms with E-state index in [1.807, 2.05) is 0 Å². The van der Waals surface area contributed by atoms with Gasteiger partial charge in [0.25, 0.3) is 0 Å². The van der Waals surface area contributed by atoms with E-state index in [1.165, 1.54) is 0 Å². The van der Waals surface area contributed by atoms with Crippen LogP contribution in [0, 0.1) is 11.3 Å². The van der Waals surface area contributed by atoms with Crippen molar-refractivity contribution in [2.75, 3.05) is 13.1 Å². The topological polar surface area (TPSA) is 29.1 Å². The number of hydrogen-bond donors (Lipinski definition) is 1. The fraction of sp³-hybridized carbons (Fsp3) is 0.875. The molecule has 1 aliphatic carbocycles. The molecule has 0 aromatic heterocycles. The van der Waals surface area contributed by atoms with Gasteiger partial charge >= 0.3 is 0 Å². The number of hydrogen-bond acceptors (Lipinski definition) is 2. The monoisotopic (exact) mass is 139 g/mol. The summed E-state index contributed by atoms with van der Waals surface area (Å²) in [6, 6.07) is 0. The van der Waals surface area contributed by atoms with E-state index in [0.29, 0.717) is 17.1 Å². The molecular formula is C8H13NO. The van der Waals surface area contributed by atoms with Crippen LogP contribution in [0.15, 0.2) is 0 Å². The lowest BCUT2D eigenvalue weighted by molar-refractivity contribution is -0.118. The van der Waals surface area contributed by atoms with Gasteiger partial charge in [0.2, 0.25) is 0 Å². The van der Waals surface area contributed by atoms with Gasteiger partial charge in [-0.3, -0.25) is 4.79 Å². The Morgan fingerprint density at radius 2 is 2.50 bits per heavy atom. The predicted molar refractivity (Wildman–Crippen MR) is 38.7 cm³/mol. The highest BCUT2D eigenvalue weighted by Gasteiger charge is 2.45. The Morgan fingerprint density at radius 1 is 1.70 bits per heavy atom. The Hall–Kier alpha value is -0.370. The molecule has 2 atom stereocenters. The first-order valence-corrected chi connectivity index (χ1v) is 3.93. The summed E-state index contributed by atoms with van der Waals surface area (Å²) >= 11 is 0. The zero-order valence-corrected chi connectivity index (χ0v) is 6.31. The maximum absolute atomic E-state index is 11.0. The first-order valence-electron chi connectivity index (χ1n) is 3.93. The first kappa shape index (κ1) is 6.35. The molecule has 1 aliphatic heterocycles. The van der Waals surface area contributed by atoms with E-state index >= 15 is 0 Å². The summed E-state index contributed by atoms with van der Waals surface area (Å²) < 4.78 is 0. The number of Topliss-reactive ketones (excluding diaryl/α,β-unsaturated/α-hetero) is 1. The Morgan fingerprint density at radius 3 is 3.20 bits per heavy atom. The third-order valence-electron chi connectivity index (χ3n) is 2.98. The molecule has 2 heteroatoms. The van der Waals surface area contributed by atoms with Crippen LogP contribution in [0.1, 0.15) is 19.8 Å². The Kier molecular flexibility index (Phi) is 1.15. The highest BCUT2D eigenvalue weighted by Crippen LogP contribution is 2.43. The molecule has 2 unspecified atom stereocenters. The zero-order chi connectivity index (χ0) is 7.19. The van der Waals surface area contributed by atoms with Crippen LogP contribution in [0.2, 0.25) is 0 Å². The van der Waals surface area contributed by atoms with Crippen molar-refractivity contribution in [2.45, 2.75) is 19.8 Å². The van der Waals surface area contributed by atoms with Crippen molar-refractivity contribution in [3.63, 3.8) is 0 Å². The lowest BCUT2D eigenvalue weighted by Crippen LogP contribution is -2.21. The van der Waals surface area contributed by atoms with Gasteiger partial charge in [0.05, 0.1) is 0 Å². The SMILES string of the molecule is CC12CNCC1CC(=O)C2. The lowest BCUT2D eigenvalue weighted by Gasteiger charge is -2.19. The quantitative estimate of drug-likeness (QED) is 0.531. The van der Waals surface area contributed by atoms with Crippen LogP contribution in [0.4, 0.5) is 0 Å². The largest absolute Gasteiger partial charge is 0.316 e. The molecule has 2 rings (SSSR count). The summed E-state index contributed by atoms with van der Waals surface area (Å²) in [5, 5.41) is 3.33. The number of rotatable bonds is 0. The summed E-state index contributed by atoms with van der Waals surface area (Å²) in [5.74, 6) is 1.11. The molecule has 56 valence electrons. The Bertz CT molecular complexity index is 178. The predicted octanol–water partition coefficient (Wildman–Crippen LogP) is 0.575. The average Bonchev–Trinajstić information content (AvgIpc) is 2.20. The molecule has 2 aliphatic rings. The molecule has 0 spiro atoms. The molecule has 1 saturated heterocycles. The third-order valence-corrected chi connectivity index (χ3v) is 2.98. The van der Waals surface area contributed by atoms with Crippen molar-refractivity contribution in [2.24, 2.45) is 11.3 Å². The zero-order valence-electron chi connectivity index (χ0n) is 6.31. The fourth-order valence-electron chi connectivity index (χ4n) is 2.25. The number of ketones is 1. The van der Waals surface area contributed by atoms with E-state index < -0.39 is 0 Å². The minimum Gasteiger partial charge on any atom is -0.316 e. The van der Waals surface area contributed by atoms with E-state index in [-0.39, 0.29) is 0 Å². The summed E-state index contributed by atoms with van der Waals surface area (Å²) in [6.07, 6.45) is 1.63. The van der Waals surface area contributed by atoms with Crippen molar-refractivity contribution < 1.29 is 4.79 Å². The van der Waals surface area contributed by atoms with Crippen LogP contribution in [-0.2, 0) is 4.79 Å². The molecule has 1 saturated carbocycles. The lowest BCUT2D eigenvalue weighted by atomic mass is 9.83. The van der Waals surface area contributed by atoms with E-state index in [1.54, 1.807) is 0 Å². The van der Waals surface area contributed by atoms with Gasteiger partial charge in [-0.25, -0.2) is 0 Å². The van der Waals surface area contributed by atoms with Crippen molar-refractivity contribution in [1.82, 2.24) is 5.32 Å². The van der Waals surface area contributed by atoms with E-state index in [2.05, 4.69) is 12.2 Å². The van der Waals surface area contributed by atoms with Crippen LogP contribution in [0.3, 0.4) is 0 Å². The second-order valence-electron chi connectivity index (χ2n) is 3.90. The van der Waals surface area contributed by atoms with Crippen LogP contribution in [0.5, 0.6) is 0 Å². The molecule has 10 heavy (non-hydrogen) atoms. The average molecular weight is 139 g/mol. The van der Waals surface area contributed by atoms with Crippen molar-refractivity contribution in [1.29, 1.82) is 0 Å². The minimum atomic E-state index is 0.317. The molecule has 2 nitrogen and oxygen atoms in total. The second kappa shape index (κ2) is 1.82. The normalized spacial score (nSPS) is 46.1. The van der Waals surface area contributed by atoms with E-state index in [4.69, 9.17) is 0 Å². The maximum atomic E-state index is 11.0. The third kappa shape index (κ3) is 0.717. The maximum Gasteiger partial charge on any atom is 0.133 e. The molecule has 0 bridgehead atoms. The molecular weight excluding hydrogens is 126 g/mol. The van der Waals surface area contributed by atoms with Crippen LogP contribution in [0.25, 0.3) is 0 Å². The van der Waals surface area contributed by atoms with Gasteiger partial charge in [-0.1, -0.05) is 6.92 Å². The van der Waals surface area contributed by atoms with Gasteiger partial charge in [0.1, 0.15) is 5.78 Å². The summed E-state index contributed by atoms with van der Waals surface area (Å²) in [7, 11) is 0. The number of nitrogens with one attached hydrogen (secondary N) is 1. The molecule has 0 radical (unpaired) electrons. The van der Waals surface area contributed by atoms with Crippen molar-refractivity contribution in [3.05, 3.63) is 0 Å². The van der Waals surface area contributed by atoms with Gasteiger partial charge < -0.3 is 5.32 Å². The number of carbonyl (C=O) groups is 1. The first-order chi connectivity index (χ1) is 4.71. The van der Waals surface area contributed by atoms with Crippen molar-refractivity contribution in [3.8, 4) is 0 Å².